The number of aromatic nitrogens is 4. The van der Waals surface area contributed by atoms with Gasteiger partial charge in [0.25, 0.3) is 0 Å². The summed E-state index contributed by atoms with van der Waals surface area (Å²) in [5, 5.41) is 8.22. The summed E-state index contributed by atoms with van der Waals surface area (Å²) in [5.74, 6) is -0.514. The molecule has 5 rings (SSSR count). The summed E-state index contributed by atoms with van der Waals surface area (Å²) >= 11 is 0. The Hall–Kier alpha value is -4.11. The molecule has 4 aromatic rings. The summed E-state index contributed by atoms with van der Waals surface area (Å²) in [4.78, 5) is 30.7. The van der Waals surface area contributed by atoms with Crippen LogP contribution in [0.25, 0.3) is 22.2 Å². The first-order valence-corrected chi connectivity index (χ1v) is 10.6. The highest BCUT2D eigenvalue weighted by atomic mass is 16.5. The van der Waals surface area contributed by atoms with E-state index in [1.165, 1.54) is 0 Å². The number of ether oxygens (including phenoxy) is 1. The minimum Gasteiger partial charge on any atom is -0.368 e. The van der Waals surface area contributed by atoms with Crippen molar-refractivity contribution in [3.63, 3.8) is 0 Å². The van der Waals surface area contributed by atoms with E-state index in [0.29, 0.717) is 25.3 Å². The fourth-order valence-corrected chi connectivity index (χ4v) is 3.94. The Morgan fingerprint density at radius 3 is 2.76 bits per heavy atom. The van der Waals surface area contributed by atoms with E-state index in [1.54, 1.807) is 34.0 Å². The molecule has 0 aliphatic carbocycles. The van der Waals surface area contributed by atoms with Gasteiger partial charge >= 0.3 is 0 Å². The minimum atomic E-state index is -0.472. The van der Waals surface area contributed by atoms with E-state index >= 15 is 0 Å². The maximum absolute atomic E-state index is 12.9. The van der Waals surface area contributed by atoms with Crippen molar-refractivity contribution in [2.45, 2.75) is 12.6 Å². The van der Waals surface area contributed by atoms with Gasteiger partial charge in [0.15, 0.2) is 0 Å². The fourth-order valence-electron chi connectivity index (χ4n) is 3.94. The summed E-state index contributed by atoms with van der Waals surface area (Å²) in [7, 11) is 0. The zero-order valence-corrected chi connectivity index (χ0v) is 17.8. The van der Waals surface area contributed by atoms with Gasteiger partial charge in [-0.15, -0.1) is 5.10 Å². The quantitative estimate of drug-likeness (QED) is 0.506. The molecule has 1 aliphatic heterocycles. The van der Waals surface area contributed by atoms with Gasteiger partial charge in [-0.1, -0.05) is 35.5 Å². The Kier molecular flexibility index (Phi) is 5.54. The Morgan fingerprint density at radius 1 is 1.06 bits per heavy atom. The number of morpholine rings is 1. The largest absolute Gasteiger partial charge is 0.368 e. The van der Waals surface area contributed by atoms with Crippen LogP contribution in [0.1, 0.15) is 22.2 Å². The average Bonchev–Trinajstić information content (AvgIpc) is 3.27. The van der Waals surface area contributed by atoms with Crippen LogP contribution in [0.5, 0.6) is 0 Å². The number of nitrogens with zero attached hydrogens (tertiary/aromatic N) is 5. The van der Waals surface area contributed by atoms with Gasteiger partial charge in [0.1, 0.15) is 18.2 Å². The summed E-state index contributed by atoms with van der Waals surface area (Å²) in [6.45, 7) is 1.48. The third-order valence-corrected chi connectivity index (χ3v) is 5.72. The molecule has 33 heavy (non-hydrogen) atoms. The van der Waals surface area contributed by atoms with Crippen molar-refractivity contribution in [3.8, 4) is 11.1 Å². The molecule has 0 unspecified atom stereocenters. The maximum atomic E-state index is 12.9. The lowest BCUT2D eigenvalue weighted by Crippen LogP contribution is -2.44. The normalized spacial score (nSPS) is 16.1. The molecule has 0 bridgehead atoms. The highest BCUT2D eigenvalue weighted by Crippen LogP contribution is 2.25. The number of nitrogens with two attached hydrogens (primary N) is 1. The number of fused-ring (bicyclic) bond motifs is 1. The van der Waals surface area contributed by atoms with Gasteiger partial charge in [0.2, 0.25) is 11.8 Å². The summed E-state index contributed by atoms with van der Waals surface area (Å²) in [5.41, 5.74) is 9.87. The Labute approximate surface area is 189 Å². The number of para-hydroxylation sites is 1. The molecular weight excluding hydrogens is 420 g/mol. The number of carbonyl (C=O) groups excluding carboxylic acids is 2. The van der Waals surface area contributed by atoms with Crippen LogP contribution in [0.4, 0.5) is 0 Å². The number of hydrogen-bond donors (Lipinski definition) is 1. The highest BCUT2D eigenvalue weighted by Gasteiger charge is 2.27. The molecule has 2 aromatic heterocycles. The van der Waals surface area contributed by atoms with Crippen LogP contribution in [-0.4, -0.2) is 56.4 Å². The second-order valence-electron chi connectivity index (χ2n) is 7.85. The predicted octanol–water partition coefficient (Wildman–Crippen LogP) is 2.19. The first kappa shape index (κ1) is 20.8. The molecular formula is C24H22N6O3. The number of rotatable bonds is 5. The fraction of sp³-hybridized carbons (Fsp3) is 0.208. The number of pyridine rings is 1. The molecule has 9 nitrogen and oxygen atoms in total. The van der Waals surface area contributed by atoms with Gasteiger partial charge in [-0.05, 0) is 35.9 Å². The molecule has 1 fully saturated rings. The molecule has 1 aliphatic rings. The second-order valence-corrected chi connectivity index (χ2v) is 7.85. The Balaban J connectivity index is 1.28. The maximum Gasteiger partial charge on any atom is 0.248 e. The number of amides is 2. The lowest BCUT2D eigenvalue weighted by Gasteiger charge is -2.32. The van der Waals surface area contributed by atoms with Crippen LogP contribution in [-0.2, 0) is 16.1 Å². The van der Waals surface area contributed by atoms with Gasteiger partial charge in [-0.3, -0.25) is 14.6 Å². The van der Waals surface area contributed by atoms with Gasteiger partial charge < -0.3 is 15.4 Å². The number of carbonyl (C=O) groups is 2. The van der Waals surface area contributed by atoms with E-state index in [0.717, 1.165) is 27.9 Å². The van der Waals surface area contributed by atoms with E-state index in [2.05, 4.69) is 15.3 Å². The van der Waals surface area contributed by atoms with Gasteiger partial charge in [0.05, 0.1) is 24.4 Å². The molecule has 0 saturated carbocycles. The molecule has 0 spiro atoms. The number of hydrogen-bond acceptors (Lipinski definition) is 6. The predicted molar refractivity (Wildman–Crippen MR) is 121 cm³/mol. The zero-order chi connectivity index (χ0) is 22.8. The van der Waals surface area contributed by atoms with Crippen LogP contribution in [0.15, 0.2) is 66.9 Å². The van der Waals surface area contributed by atoms with Crippen molar-refractivity contribution >= 4 is 22.8 Å². The van der Waals surface area contributed by atoms with E-state index in [4.69, 9.17) is 10.5 Å². The van der Waals surface area contributed by atoms with Crippen molar-refractivity contribution in [1.82, 2.24) is 24.9 Å². The van der Waals surface area contributed by atoms with E-state index in [1.807, 2.05) is 42.5 Å². The number of benzene rings is 2. The molecule has 0 radical (unpaired) electrons. The molecule has 2 amide bonds. The summed E-state index contributed by atoms with van der Waals surface area (Å²) < 4.78 is 7.51. The molecule has 2 aromatic carbocycles. The van der Waals surface area contributed by atoms with E-state index in [-0.39, 0.29) is 18.6 Å². The first-order valence-electron chi connectivity index (χ1n) is 10.6. The first-order chi connectivity index (χ1) is 16.1. The molecule has 9 heteroatoms. The van der Waals surface area contributed by atoms with Crippen LogP contribution in [0, 0.1) is 0 Å². The van der Waals surface area contributed by atoms with E-state index < -0.39 is 5.91 Å². The van der Waals surface area contributed by atoms with Crippen molar-refractivity contribution in [1.29, 1.82) is 0 Å². The molecule has 1 atom stereocenters. The van der Waals surface area contributed by atoms with Crippen LogP contribution < -0.4 is 5.73 Å². The van der Waals surface area contributed by atoms with Crippen molar-refractivity contribution < 1.29 is 14.3 Å². The summed E-state index contributed by atoms with van der Waals surface area (Å²) in [6.07, 6.45) is 1.42. The van der Waals surface area contributed by atoms with Gasteiger partial charge in [0, 0.05) is 23.9 Å². The standard InChI is InChI=1S/C24H22N6O3/c25-24(32)17-5-3-4-16(12-17)18-8-9-20(26-13-18)22-14-29(10-11-33-22)23(31)15-30-21-7-2-1-6-19(21)27-28-30/h1-9,12-13,22H,10-11,14-15H2,(H2,25,32)/t22-/m1/s1. The third-order valence-electron chi connectivity index (χ3n) is 5.72. The van der Waals surface area contributed by atoms with E-state index in [9.17, 15) is 9.59 Å². The van der Waals surface area contributed by atoms with Crippen LogP contribution >= 0.6 is 0 Å². The lowest BCUT2D eigenvalue weighted by atomic mass is 10.0. The van der Waals surface area contributed by atoms with Crippen molar-refractivity contribution in [2.75, 3.05) is 19.7 Å². The van der Waals surface area contributed by atoms with Gasteiger partial charge in [-0.25, -0.2) is 4.68 Å². The molecule has 1 saturated heterocycles. The molecule has 166 valence electrons. The smallest absolute Gasteiger partial charge is 0.248 e. The second kappa shape index (κ2) is 8.79. The zero-order valence-electron chi connectivity index (χ0n) is 17.8. The Morgan fingerprint density at radius 2 is 1.94 bits per heavy atom. The highest BCUT2D eigenvalue weighted by molar-refractivity contribution is 5.94. The SMILES string of the molecule is NC(=O)c1cccc(-c2ccc([C@H]3CN(C(=O)Cn4nnc5ccccc54)CCO3)nc2)c1. The van der Waals surface area contributed by atoms with Crippen LogP contribution in [0.2, 0.25) is 0 Å². The lowest BCUT2D eigenvalue weighted by molar-refractivity contribution is -0.140. The third kappa shape index (κ3) is 4.31. The topological polar surface area (TPSA) is 116 Å². The Bertz CT molecular complexity index is 1320. The average molecular weight is 442 g/mol. The monoisotopic (exact) mass is 442 g/mol. The van der Waals surface area contributed by atoms with Gasteiger partial charge in [-0.2, -0.15) is 0 Å². The molecule has 3 heterocycles. The van der Waals surface area contributed by atoms with Crippen molar-refractivity contribution in [3.05, 3.63) is 78.1 Å². The summed E-state index contributed by atoms with van der Waals surface area (Å²) in [6, 6.07) is 18.5. The van der Waals surface area contributed by atoms with Crippen LogP contribution in [0.3, 0.4) is 0 Å². The minimum absolute atomic E-state index is 0.0427. The number of primary amides is 1. The van der Waals surface area contributed by atoms with Crippen molar-refractivity contribution in [2.24, 2.45) is 5.73 Å². The molecule has 2 N–H and O–H groups in total.